The van der Waals surface area contributed by atoms with Gasteiger partial charge < -0.3 is 15.0 Å². The highest BCUT2D eigenvalue weighted by atomic mass is 16.5. The first-order valence-electron chi connectivity index (χ1n) is 8.55. The van der Waals surface area contributed by atoms with Gasteiger partial charge in [-0.2, -0.15) is 0 Å². The maximum atomic E-state index is 12.2. The number of aromatic nitrogens is 1. The number of hydrogen-bond donors (Lipinski definition) is 1. The van der Waals surface area contributed by atoms with E-state index in [2.05, 4.69) is 10.3 Å². The predicted octanol–water partition coefficient (Wildman–Crippen LogP) is 3.26. The number of nitrogens with zero attached hydrogens (tertiary/aromatic N) is 2. The van der Waals surface area contributed by atoms with E-state index in [-0.39, 0.29) is 18.4 Å². The third-order valence-corrected chi connectivity index (χ3v) is 4.00. The molecule has 0 saturated carbocycles. The second-order valence-corrected chi connectivity index (χ2v) is 6.39. The van der Waals surface area contributed by atoms with Gasteiger partial charge >= 0.3 is 0 Å². The van der Waals surface area contributed by atoms with Crippen LogP contribution in [0.4, 0.5) is 5.69 Å². The normalized spacial score (nSPS) is 10.5. The summed E-state index contributed by atoms with van der Waals surface area (Å²) in [6.07, 6.45) is 0. The zero-order chi connectivity index (χ0) is 19.4. The summed E-state index contributed by atoms with van der Waals surface area (Å²) < 4.78 is 5.67. The standard InChI is InChI=1S/C21H21N3O3/c1-14-7-8-15-5-4-6-18(20(15)22-14)27-13-19(25)23-17-11-9-16(10-12-17)21(26)24(2)3/h4-12H,13H2,1-3H3,(H,23,25). The Morgan fingerprint density at radius 2 is 1.78 bits per heavy atom. The maximum Gasteiger partial charge on any atom is 0.262 e. The van der Waals surface area contributed by atoms with Crippen LogP contribution in [0.25, 0.3) is 10.9 Å². The van der Waals surface area contributed by atoms with Crippen LogP contribution in [0.15, 0.2) is 54.6 Å². The Kier molecular flexibility index (Phi) is 5.35. The number of aryl methyl sites for hydroxylation is 1. The summed E-state index contributed by atoms with van der Waals surface area (Å²) in [6, 6.07) is 16.3. The van der Waals surface area contributed by atoms with E-state index in [1.807, 2.05) is 31.2 Å². The van der Waals surface area contributed by atoms with Gasteiger partial charge in [0.2, 0.25) is 0 Å². The molecule has 0 radical (unpaired) electrons. The zero-order valence-corrected chi connectivity index (χ0v) is 15.5. The molecule has 6 heteroatoms. The predicted molar refractivity (Wildman–Crippen MR) is 105 cm³/mol. The highest BCUT2D eigenvalue weighted by Gasteiger charge is 2.10. The lowest BCUT2D eigenvalue weighted by Crippen LogP contribution is -2.22. The summed E-state index contributed by atoms with van der Waals surface area (Å²) in [4.78, 5) is 30.1. The number of pyridine rings is 1. The number of anilines is 1. The van der Waals surface area contributed by atoms with Crippen LogP contribution in [0.5, 0.6) is 5.75 Å². The van der Waals surface area contributed by atoms with Crippen LogP contribution in [0, 0.1) is 6.92 Å². The molecular formula is C21H21N3O3. The van der Waals surface area contributed by atoms with E-state index >= 15 is 0 Å². The second kappa shape index (κ2) is 7.86. The Bertz CT molecular complexity index is 982. The average molecular weight is 363 g/mol. The number of nitrogens with one attached hydrogen (secondary N) is 1. The van der Waals surface area contributed by atoms with Crippen molar-refractivity contribution in [2.75, 3.05) is 26.0 Å². The first kappa shape index (κ1) is 18.4. The third-order valence-electron chi connectivity index (χ3n) is 4.00. The van der Waals surface area contributed by atoms with E-state index in [0.29, 0.717) is 17.0 Å². The van der Waals surface area contributed by atoms with E-state index in [1.54, 1.807) is 44.4 Å². The molecule has 0 aliphatic carbocycles. The molecule has 138 valence electrons. The van der Waals surface area contributed by atoms with Crippen LogP contribution in [-0.4, -0.2) is 42.4 Å². The van der Waals surface area contributed by atoms with Gasteiger partial charge in [-0.05, 0) is 43.3 Å². The molecule has 0 aliphatic heterocycles. The summed E-state index contributed by atoms with van der Waals surface area (Å²) in [5.74, 6) is 0.194. The van der Waals surface area contributed by atoms with Crippen molar-refractivity contribution in [1.82, 2.24) is 9.88 Å². The summed E-state index contributed by atoms with van der Waals surface area (Å²) >= 11 is 0. The van der Waals surface area contributed by atoms with E-state index in [1.165, 1.54) is 4.90 Å². The molecule has 1 heterocycles. The van der Waals surface area contributed by atoms with Crippen molar-refractivity contribution < 1.29 is 14.3 Å². The van der Waals surface area contributed by atoms with Gasteiger partial charge in [0.1, 0.15) is 11.3 Å². The van der Waals surface area contributed by atoms with Crippen LogP contribution < -0.4 is 10.1 Å². The fourth-order valence-electron chi connectivity index (χ4n) is 2.63. The third kappa shape index (κ3) is 4.41. The minimum Gasteiger partial charge on any atom is -0.481 e. The Morgan fingerprint density at radius 1 is 1.04 bits per heavy atom. The molecule has 3 aromatic rings. The number of ether oxygens (including phenoxy) is 1. The quantitative estimate of drug-likeness (QED) is 0.755. The molecule has 1 aromatic heterocycles. The van der Waals surface area contributed by atoms with E-state index < -0.39 is 0 Å². The Hall–Kier alpha value is -3.41. The molecule has 0 spiro atoms. The average Bonchev–Trinajstić information content (AvgIpc) is 2.66. The van der Waals surface area contributed by atoms with Crippen molar-refractivity contribution in [3.63, 3.8) is 0 Å². The first-order valence-corrected chi connectivity index (χ1v) is 8.55. The van der Waals surface area contributed by atoms with Crippen LogP contribution >= 0.6 is 0 Å². The fraction of sp³-hybridized carbons (Fsp3) is 0.190. The first-order chi connectivity index (χ1) is 12.9. The van der Waals surface area contributed by atoms with Gasteiger partial charge in [0.05, 0.1) is 0 Å². The maximum absolute atomic E-state index is 12.2. The van der Waals surface area contributed by atoms with Crippen LogP contribution in [0.1, 0.15) is 16.1 Å². The van der Waals surface area contributed by atoms with Crippen molar-refractivity contribution in [1.29, 1.82) is 0 Å². The molecule has 0 saturated heterocycles. The van der Waals surface area contributed by atoms with Crippen molar-refractivity contribution in [3.05, 3.63) is 65.9 Å². The van der Waals surface area contributed by atoms with Gasteiger partial charge in [0.15, 0.2) is 6.61 Å². The molecule has 2 amide bonds. The highest BCUT2D eigenvalue weighted by molar-refractivity contribution is 5.96. The lowest BCUT2D eigenvalue weighted by molar-refractivity contribution is -0.118. The summed E-state index contributed by atoms with van der Waals surface area (Å²) in [5, 5.41) is 3.72. The van der Waals surface area contributed by atoms with Crippen LogP contribution in [0.2, 0.25) is 0 Å². The monoisotopic (exact) mass is 363 g/mol. The van der Waals surface area contributed by atoms with E-state index in [4.69, 9.17) is 4.74 Å². The van der Waals surface area contributed by atoms with Gasteiger partial charge in [0.25, 0.3) is 11.8 Å². The number of carbonyl (C=O) groups excluding carboxylic acids is 2. The number of rotatable bonds is 5. The lowest BCUT2D eigenvalue weighted by atomic mass is 10.2. The van der Waals surface area contributed by atoms with E-state index in [9.17, 15) is 9.59 Å². The number of hydrogen-bond acceptors (Lipinski definition) is 4. The SMILES string of the molecule is Cc1ccc2cccc(OCC(=O)Nc3ccc(C(=O)N(C)C)cc3)c2n1. The molecule has 0 bridgehead atoms. The molecule has 0 atom stereocenters. The summed E-state index contributed by atoms with van der Waals surface area (Å²) in [5.41, 5.74) is 2.78. The molecule has 3 rings (SSSR count). The molecule has 0 fully saturated rings. The molecule has 6 nitrogen and oxygen atoms in total. The largest absolute Gasteiger partial charge is 0.481 e. The van der Waals surface area contributed by atoms with Gasteiger partial charge in [-0.1, -0.05) is 18.2 Å². The Balaban J connectivity index is 1.63. The molecule has 0 aliphatic rings. The Morgan fingerprint density at radius 3 is 2.48 bits per heavy atom. The minimum atomic E-state index is -0.286. The number of carbonyl (C=O) groups is 2. The summed E-state index contributed by atoms with van der Waals surface area (Å²) in [6.45, 7) is 1.78. The van der Waals surface area contributed by atoms with Crippen molar-refractivity contribution in [2.45, 2.75) is 6.92 Å². The second-order valence-electron chi connectivity index (χ2n) is 6.39. The van der Waals surface area contributed by atoms with E-state index in [0.717, 1.165) is 16.6 Å². The highest BCUT2D eigenvalue weighted by Crippen LogP contribution is 2.24. The smallest absolute Gasteiger partial charge is 0.262 e. The van der Waals surface area contributed by atoms with Gasteiger partial charge in [0, 0.05) is 36.4 Å². The molecule has 0 unspecified atom stereocenters. The van der Waals surface area contributed by atoms with Crippen LogP contribution in [0.3, 0.4) is 0 Å². The van der Waals surface area contributed by atoms with Crippen LogP contribution in [-0.2, 0) is 4.79 Å². The van der Waals surface area contributed by atoms with Crippen molar-refractivity contribution in [3.8, 4) is 5.75 Å². The fourth-order valence-corrected chi connectivity index (χ4v) is 2.63. The lowest BCUT2D eigenvalue weighted by Gasteiger charge is -2.12. The molecule has 2 aromatic carbocycles. The van der Waals surface area contributed by atoms with Crippen molar-refractivity contribution in [2.24, 2.45) is 0 Å². The molecular weight excluding hydrogens is 342 g/mol. The van der Waals surface area contributed by atoms with Gasteiger partial charge in [-0.3, -0.25) is 9.59 Å². The number of amides is 2. The topological polar surface area (TPSA) is 71.5 Å². The number of benzene rings is 2. The summed E-state index contributed by atoms with van der Waals surface area (Å²) in [7, 11) is 3.39. The zero-order valence-electron chi connectivity index (χ0n) is 15.5. The molecule has 1 N–H and O–H groups in total. The number of fused-ring (bicyclic) bond motifs is 1. The van der Waals surface area contributed by atoms with Gasteiger partial charge in [-0.25, -0.2) is 4.98 Å². The minimum absolute atomic E-state index is 0.0880. The van der Waals surface area contributed by atoms with Crippen molar-refractivity contribution >= 4 is 28.4 Å². The van der Waals surface area contributed by atoms with Gasteiger partial charge in [-0.15, -0.1) is 0 Å². The molecule has 27 heavy (non-hydrogen) atoms. The number of para-hydroxylation sites is 1. The Labute approximate surface area is 157 Å².